The third-order valence-electron chi connectivity index (χ3n) is 5.99. The molecule has 0 saturated carbocycles. The molecular formula is C31H28ClN3O5. The van der Waals surface area contributed by atoms with Crippen LogP contribution in [0.25, 0.3) is 0 Å². The molecule has 204 valence electrons. The molecule has 0 aliphatic carbocycles. The van der Waals surface area contributed by atoms with Crippen molar-refractivity contribution in [2.24, 2.45) is 0 Å². The van der Waals surface area contributed by atoms with Crippen LogP contribution < -0.4 is 20.3 Å². The molecule has 1 heterocycles. The van der Waals surface area contributed by atoms with Gasteiger partial charge in [0.15, 0.2) is 0 Å². The van der Waals surface area contributed by atoms with Gasteiger partial charge in [0.25, 0.3) is 5.91 Å². The Morgan fingerprint density at radius 2 is 1.65 bits per heavy atom. The van der Waals surface area contributed by atoms with E-state index in [0.29, 0.717) is 33.5 Å². The van der Waals surface area contributed by atoms with Gasteiger partial charge in [-0.05, 0) is 73.2 Å². The zero-order chi connectivity index (χ0) is 28.5. The van der Waals surface area contributed by atoms with E-state index in [1.54, 1.807) is 72.8 Å². The molecule has 0 aliphatic heterocycles. The first kappa shape index (κ1) is 28.2. The fraction of sp³-hybridized carbons (Fsp3) is 0.129. The van der Waals surface area contributed by atoms with Gasteiger partial charge in [-0.1, -0.05) is 41.4 Å². The molecule has 0 unspecified atom stereocenters. The van der Waals surface area contributed by atoms with Crippen molar-refractivity contribution < 1.29 is 23.5 Å². The average Bonchev–Trinajstić information content (AvgIpc) is 3.49. The Bertz CT molecular complexity index is 1470. The zero-order valence-corrected chi connectivity index (χ0v) is 22.7. The van der Waals surface area contributed by atoms with Crippen LogP contribution in [0.2, 0.25) is 5.02 Å². The van der Waals surface area contributed by atoms with Crippen molar-refractivity contribution in [3.63, 3.8) is 0 Å². The normalized spacial score (nSPS) is 11.6. The summed E-state index contributed by atoms with van der Waals surface area (Å²) in [7, 11) is 1.54. The second-order valence-electron chi connectivity index (χ2n) is 8.85. The summed E-state index contributed by atoms with van der Waals surface area (Å²) in [4.78, 5) is 41.3. The number of rotatable bonds is 10. The smallest absolute Gasteiger partial charge is 0.252 e. The highest BCUT2D eigenvalue weighted by atomic mass is 35.5. The molecule has 1 aromatic heterocycles. The number of aryl methyl sites for hydroxylation is 1. The van der Waals surface area contributed by atoms with E-state index in [0.717, 1.165) is 17.7 Å². The quantitative estimate of drug-likeness (QED) is 0.239. The summed E-state index contributed by atoms with van der Waals surface area (Å²) in [5, 5.41) is 6.08. The number of halogens is 1. The van der Waals surface area contributed by atoms with Gasteiger partial charge in [-0.2, -0.15) is 0 Å². The highest BCUT2D eigenvalue weighted by Gasteiger charge is 2.32. The molecular weight excluding hydrogens is 530 g/mol. The van der Waals surface area contributed by atoms with Crippen LogP contribution in [0.4, 0.5) is 11.4 Å². The molecule has 0 radical (unpaired) electrons. The summed E-state index contributed by atoms with van der Waals surface area (Å²) < 4.78 is 10.6. The summed E-state index contributed by atoms with van der Waals surface area (Å²) in [5.41, 5.74) is 2.55. The van der Waals surface area contributed by atoms with E-state index in [-0.39, 0.29) is 6.54 Å². The minimum absolute atomic E-state index is 0.137. The summed E-state index contributed by atoms with van der Waals surface area (Å²) in [6, 6.07) is 23.1. The van der Waals surface area contributed by atoms with E-state index in [1.165, 1.54) is 18.3 Å². The van der Waals surface area contributed by atoms with Crippen molar-refractivity contribution in [1.82, 2.24) is 5.32 Å². The Morgan fingerprint density at radius 3 is 2.27 bits per heavy atom. The molecule has 9 heteroatoms. The minimum atomic E-state index is -1.06. The lowest BCUT2D eigenvalue weighted by Crippen LogP contribution is -2.43. The molecule has 0 aliphatic rings. The topological polar surface area (TPSA) is 101 Å². The van der Waals surface area contributed by atoms with Crippen LogP contribution in [0.3, 0.4) is 0 Å². The number of carbonyl (C=O) groups excluding carboxylic acids is 3. The molecule has 8 nitrogen and oxygen atoms in total. The van der Waals surface area contributed by atoms with Crippen molar-refractivity contribution >= 4 is 40.7 Å². The molecule has 4 aromatic rings. The second-order valence-corrected chi connectivity index (χ2v) is 9.28. The largest absolute Gasteiger partial charge is 0.497 e. The molecule has 3 amide bonds. The monoisotopic (exact) mass is 557 g/mol. The third kappa shape index (κ3) is 7.39. The number of nitrogens with zero attached hydrogens (tertiary/aromatic N) is 1. The Morgan fingerprint density at radius 1 is 0.950 bits per heavy atom. The summed E-state index contributed by atoms with van der Waals surface area (Å²) in [5.74, 6) is -0.363. The second kappa shape index (κ2) is 13.3. The number of benzene rings is 3. The fourth-order valence-corrected chi connectivity index (χ4v) is 4.07. The lowest BCUT2D eigenvalue weighted by atomic mass is 10.0. The number of carbonyl (C=O) groups is 3. The number of methoxy groups -OCH3 is 1. The highest BCUT2D eigenvalue weighted by Crippen LogP contribution is 2.30. The van der Waals surface area contributed by atoms with Gasteiger partial charge < -0.3 is 19.8 Å². The first-order valence-electron chi connectivity index (χ1n) is 12.4. The predicted molar refractivity (Wildman–Crippen MR) is 154 cm³/mol. The number of furan rings is 1. The van der Waals surface area contributed by atoms with Crippen LogP contribution in [0.15, 0.2) is 108 Å². The molecule has 3 aromatic carbocycles. The highest BCUT2D eigenvalue weighted by molar-refractivity contribution is 6.30. The first-order chi connectivity index (χ1) is 19.3. The van der Waals surface area contributed by atoms with Gasteiger partial charge in [-0.25, -0.2) is 0 Å². The van der Waals surface area contributed by atoms with Crippen molar-refractivity contribution in [3.8, 4) is 5.75 Å². The van der Waals surface area contributed by atoms with Crippen molar-refractivity contribution in [2.45, 2.75) is 19.5 Å². The molecule has 2 N–H and O–H groups in total. The molecule has 4 rings (SSSR count). The predicted octanol–water partition coefficient (Wildman–Crippen LogP) is 5.84. The number of amides is 3. The summed E-state index contributed by atoms with van der Waals surface area (Å²) in [6.07, 6.45) is 3.78. The van der Waals surface area contributed by atoms with Gasteiger partial charge in [0.2, 0.25) is 11.8 Å². The molecule has 0 bridgehead atoms. The Hall–Kier alpha value is -4.82. The lowest BCUT2D eigenvalue weighted by molar-refractivity contribution is -0.125. The van der Waals surface area contributed by atoms with Crippen molar-refractivity contribution in [2.75, 3.05) is 17.3 Å². The van der Waals surface area contributed by atoms with E-state index >= 15 is 0 Å². The summed E-state index contributed by atoms with van der Waals surface area (Å²) in [6.45, 7) is 2.07. The van der Waals surface area contributed by atoms with Crippen LogP contribution in [-0.2, 0) is 20.9 Å². The van der Waals surface area contributed by atoms with Gasteiger partial charge >= 0.3 is 0 Å². The molecule has 0 spiro atoms. The Labute approximate surface area is 237 Å². The number of hydrogen-bond acceptors (Lipinski definition) is 5. The SMILES string of the molecule is COc1ccc(N(C(=O)/C=C\C(=O)Nc2ccc(Cl)cc2)[C@@H](C(=O)NCc2ccco2)c2ccc(C)cc2)cc1. The minimum Gasteiger partial charge on any atom is -0.497 e. The number of anilines is 2. The van der Waals surface area contributed by atoms with Gasteiger partial charge in [0.1, 0.15) is 17.6 Å². The first-order valence-corrected chi connectivity index (χ1v) is 12.8. The third-order valence-corrected chi connectivity index (χ3v) is 6.25. The van der Waals surface area contributed by atoms with E-state index in [2.05, 4.69) is 10.6 Å². The van der Waals surface area contributed by atoms with Gasteiger partial charge in [-0.15, -0.1) is 0 Å². The van der Waals surface area contributed by atoms with Crippen LogP contribution in [0.5, 0.6) is 5.75 Å². The maximum atomic E-state index is 13.7. The van der Waals surface area contributed by atoms with Gasteiger partial charge in [0, 0.05) is 28.5 Å². The van der Waals surface area contributed by atoms with Crippen LogP contribution in [-0.4, -0.2) is 24.8 Å². The molecule has 40 heavy (non-hydrogen) atoms. The Balaban J connectivity index is 1.67. The van der Waals surface area contributed by atoms with Gasteiger partial charge in [0.05, 0.1) is 19.9 Å². The molecule has 0 saturated heterocycles. The van der Waals surface area contributed by atoms with Crippen LogP contribution in [0.1, 0.15) is 22.9 Å². The molecule has 0 fully saturated rings. The van der Waals surface area contributed by atoms with Gasteiger partial charge in [-0.3, -0.25) is 19.3 Å². The fourth-order valence-electron chi connectivity index (χ4n) is 3.94. The number of ether oxygens (including phenoxy) is 1. The standard InChI is InChI=1S/C31H28ClN3O5/c1-21-5-7-22(8-6-21)30(31(38)33-20-27-4-3-19-40-27)35(25-13-15-26(39-2)16-14-25)29(37)18-17-28(36)34-24-11-9-23(32)10-12-24/h3-19,30H,20H2,1-2H3,(H,33,38)(H,34,36)/b18-17-/t30-/m1/s1. The van der Waals surface area contributed by atoms with Crippen LogP contribution >= 0.6 is 11.6 Å². The Kier molecular flexibility index (Phi) is 9.38. The van der Waals surface area contributed by atoms with E-state index in [1.807, 2.05) is 19.1 Å². The van der Waals surface area contributed by atoms with Crippen molar-refractivity contribution in [3.05, 3.63) is 125 Å². The van der Waals surface area contributed by atoms with E-state index in [9.17, 15) is 14.4 Å². The maximum Gasteiger partial charge on any atom is 0.252 e. The lowest BCUT2D eigenvalue weighted by Gasteiger charge is -2.31. The zero-order valence-electron chi connectivity index (χ0n) is 22.0. The molecule has 1 atom stereocenters. The van der Waals surface area contributed by atoms with E-state index in [4.69, 9.17) is 20.8 Å². The number of nitrogens with one attached hydrogen (secondary N) is 2. The summed E-state index contributed by atoms with van der Waals surface area (Å²) >= 11 is 5.91. The average molecular weight is 558 g/mol. The number of hydrogen-bond donors (Lipinski definition) is 2. The van der Waals surface area contributed by atoms with Crippen LogP contribution in [0, 0.1) is 6.92 Å². The van der Waals surface area contributed by atoms with Crippen molar-refractivity contribution in [1.29, 1.82) is 0 Å². The maximum absolute atomic E-state index is 13.7. The van der Waals surface area contributed by atoms with E-state index < -0.39 is 23.8 Å².